The molecule has 3 nitrogen and oxygen atoms in total. The first-order valence-electron chi connectivity index (χ1n) is 8.41. The van der Waals surface area contributed by atoms with Gasteiger partial charge in [0.2, 0.25) is 0 Å². The number of hydrogen-bond acceptors (Lipinski definition) is 3. The minimum absolute atomic E-state index is 0.313. The Kier molecular flexibility index (Phi) is 4.99. The summed E-state index contributed by atoms with van der Waals surface area (Å²) >= 11 is 0. The largest absolute Gasteiger partial charge is 0.489 e. The quantitative estimate of drug-likeness (QED) is 0.883. The standard InChI is InChI=1S/C20H26N2O/c1-15(2)12-22-13-18-17(19(22)11-21)9-6-10-20(18)23-14-16-7-4-3-5-8-16/h3-10,15,19H,11-14,21H2,1-2H3. The van der Waals surface area contributed by atoms with Crippen molar-refractivity contribution >= 4 is 0 Å². The Morgan fingerprint density at radius 1 is 1.13 bits per heavy atom. The minimum Gasteiger partial charge on any atom is -0.489 e. The highest BCUT2D eigenvalue weighted by atomic mass is 16.5. The van der Waals surface area contributed by atoms with Crippen LogP contribution in [0, 0.1) is 5.92 Å². The first-order chi connectivity index (χ1) is 11.2. The third-order valence-corrected chi connectivity index (χ3v) is 4.39. The molecular formula is C20H26N2O. The molecule has 1 aliphatic heterocycles. The van der Waals surface area contributed by atoms with Crippen LogP contribution in [0.2, 0.25) is 0 Å². The van der Waals surface area contributed by atoms with E-state index in [1.54, 1.807) is 0 Å². The van der Waals surface area contributed by atoms with E-state index in [1.807, 2.05) is 18.2 Å². The second kappa shape index (κ2) is 7.16. The van der Waals surface area contributed by atoms with E-state index < -0.39 is 0 Å². The van der Waals surface area contributed by atoms with Gasteiger partial charge in [-0.05, 0) is 23.1 Å². The van der Waals surface area contributed by atoms with Crippen molar-refractivity contribution in [3.63, 3.8) is 0 Å². The molecule has 0 aliphatic carbocycles. The highest BCUT2D eigenvalue weighted by Gasteiger charge is 2.31. The molecule has 0 amide bonds. The summed E-state index contributed by atoms with van der Waals surface area (Å²) in [6, 6.07) is 17.0. The van der Waals surface area contributed by atoms with Crippen molar-refractivity contribution in [1.82, 2.24) is 4.90 Å². The van der Waals surface area contributed by atoms with E-state index in [2.05, 4.69) is 49.1 Å². The van der Waals surface area contributed by atoms with Crippen molar-refractivity contribution in [2.75, 3.05) is 13.1 Å². The average molecular weight is 310 g/mol. The smallest absolute Gasteiger partial charge is 0.124 e. The Hall–Kier alpha value is -1.84. The number of nitrogens with zero attached hydrogens (tertiary/aromatic N) is 1. The zero-order valence-corrected chi connectivity index (χ0v) is 14.0. The molecule has 0 aromatic heterocycles. The lowest BCUT2D eigenvalue weighted by atomic mass is 10.0. The topological polar surface area (TPSA) is 38.5 Å². The summed E-state index contributed by atoms with van der Waals surface area (Å²) in [5.74, 6) is 1.63. The molecule has 23 heavy (non-hydrogen) atoms. The summed E-state index contributed by atoms with van der Waals surface area (Å²) in [7, 11) is 0. The summed E-state index contributed by atoms with van der Waals surface area (Å²) in [6.45, 7) is 7.76. The molecule has 0 radical (unpaired) electrons. The van der Waals surface area contributed by atoms with Gasteiger partial charge in [-0.25, -0.2) is 0 Å². The summed E-state index contributed by atoms with van der Waals surface area (Å²) < 4.78 is 6.11. The van der Waals surface area contributed by atoms with Crippen molar-refractivity contribution in [2.24, 2.45) is 11.7 Å². The van der Waals surface area contributed by atoms with E-state index in [-0.39, 0.29) is 0 Å². The van der Waals surface area contributed by atoms with Gasteiger partial charge < -0.3 is 10.5 Å². The molecule has 122 valence electrons. The summed E-state index contributed by atoms with van der Waals surface area (Å²) in [6.07, 6.45) is 0. The van der Waals surface area contributed by atoms with Crippen molar-refractivity contribution in [2.45, 2.75) is 33.0 Å². The van der Waals surface area contributed by atoms with Crippen LogP contribution in [0.4, 0.5) is 0 Å². The molecule has 2 N–H and O–H groups in total. The Balaban J connectivity index is 1.79. The molecule has 0 saturated carbocycles. The summed E-state index contributed by atoms with van der Waals surface area (Å²) in [5, 5.41) is 0. The van der Waals surface area contributed by atoms with E-state index >= 15 is 0 Å². The maximum Gasteiger partial charge on any atom is 0.124 e. The molecule has 3 heteroatoms. The number of hydrogen-bond donors (Lipinski definition) is 1. The van der Waals surface area contributed by atoms with Gasteiger partial charge in [-0.15, -0.1) is 0 Å². The summed E-state index contributed by atoms with van der Waals surface area (Å²) in [5.41, 5.74) is 9.88. The van der Waals surface area contributed by atoms with Gasteiger partial charge in [0.15, 0.2) is 0 Å². The van der Waals surface area contributed by atoms with E-state index in [9.17, 15) is 0 Å². The molecule has 1 heterocycles. The molecule has 1 unspecified atom stereocenters. The third kappa shape index (κ3) is 3.57. The number of fused-ring (bicyclic) bond motifs is 1. The maximum absolute atomic E-state index is 6.11. The fourth-order valence-electron chi connectivity index (χ4n) is 3.38. The number of benzene rings is 2. The Morgan fingerprint density at radius 2 is 1.91 bits per heavy atom. The second-order valence-corrected chi connectivity index (χ2v) is 6.67. The van der Waals surface area contributed by atoms with Crippen LogP contribution in [0.5, 0.6) is 5.75 Å². The monoisotopic (exact) mass is 310 g/mol. The Labute approximate surface area is 139 Å². The summed E-state index contributed by atoms with van der Waals surface area (Å²) in [4.78, 5) is 2.48. The van der Waals surface area contributed by atoms with E-state index in [0.717, 1.165) is 18.8 Å². The van der Waals surface area contributed by atoms with Gasteiger partial charge in [0.05, 0.1) is 0 Å². The van der Waals surface area contributed by atoms with Crippen LogP contribution >= 0.6 is 0 Å². The Morgan fingerprint density at radius 3 is 2.61 bits per heavy atom. The average Bonchev–Trinajstić information content (AvgIpc) is 2.90. The van der Waals surface area contributed by atoms with Gasteiger partial charge in [0.25, 0.3) is 0 Å². The first kappa shape index (κ1) is 16.0. The molecule has 0 bridgehead atoms. The molecule has 2 aromatic carbocycles. The molecule has 0 spiro atoms. The lowest BCUT2D eigenvalue weighted by Crippen LogP contribution is -2.30. The molecule has 0 saturated heterocycles. The van der Waals surface area contributed by atoms with Crippen LogP contribution in [0.15, 0.2) is 48.5 Å². The van der Waals surface area contributed by atoms with Crippen LogP contribution in [0.3, 0.4) is 0 Å². The van der Waals surface area contributed by atoms with Gasteiger partial charge >= 0.3 is 0 Å². The highest BCUT2D eigenvalue weighted by molar-refractivity contribution is 5.45. The lowest BCUT2D eigenvalue weighted by Gasteiger charge is -2.25. The highest BCUT2D eigenvalue weighted by Crippen LogP contribution is 2.38. The molecule has 1 aliphatic rings. The number of ether oxygens (including phenoxy) is 1. The molecule has 1 atom stereocenters. The van der Waals surface area contributed by atoms with Crippen LogP contribution in [-0.4, -0.2) is 18.0 Å². The lowest BCUT2D eigenvalue weighted by molar-refractivity contribution is 0.194. The maximum atomic E-state index is 6.11. The van der Waals surface area contributed by atoms with E-state index in [1.165, 1.54) is 16.7 Å². The fraction of sp³-hybridized carbons (Fsp3) is 0.400. The van der Waals surface area contributed by atoms with Crippen LogP contribution in [0.1, 0.15) is 36.6 Å². The van der Waals surface area contributed by atoms with Gasteiger partial charge in [-0.1, -0.05) is 56.3 Å². The van der Waals surface area contributed by atoms with Crippen molar-refractivity contribution < 1.29 is 4.74 Å². The minimum atomic E-state index is 0.313. The third-order valence-electron chi connectivity index (χ3n) is 4.39. The number of rotatable bonds is 6. The Bertz CT molecular complexity index is 639. The van der Waals surface area contributed by atoms with Gasteiger partial charge in [0.1, 0.15) is 12.4 Å². The van der Waals surface area contributed by atoms with Crippen LogP contribution < -0.4 is 10.5 Å². The fourth-order valence-corrected chi connectivity index (χ4v) is 3.38. The zero-order valence-electron chi connectivity index (χ0n) is 14.0. The van der Waals surface area contributed by atoms with Crippen molar-refractivity contribution in [3.05, 3.63) is 65.2 Å². The predicted molar refractivity (Wildman–Crippen MR) is 94.3 cm³/mol. The normalized spacial score (nSPS) is 17.5. The predicted octanol–water partition coefficient (Wildman–Crippen LogP) is 3.74. The number of nitrogens with two attached hydrogens (primary N) is 1. The molecular weight excluding hydrogens is 284 g/mol. The van der Waals surface area contributed by atoms with Gasteiger partial charge in [-0.2, -0.15) is 0 Å². The molecule has 0 fully saturated rings. The van der Waals surface area contributed by atoms with Crippen molar-refractivity contribution in [3.8, 4) is 5.75 Å². The van der Waals surface area contributed by atoms with E-state index in [4.69, 9.17) is 10.5 Å². The molecule has 2 aromatic rings. The van der Waals surface area contributed by atoms with Gasteiger partial charge in [0, 0.05) is 31.2 Å². The second-order valence-electron chi connectivity index (χ2n) is 6.67. The van der Waals surface area contributed by atoms with Crippen LogP contribution in [-0.2, 0) is 13.2 Å². The van der Waals surface area contributed by atoms with E-state index in [0.29, 0.717) is 25.1 Å². The SMILES string of the molecule is CC(C)CN1Cc2c(OCc3ccccc3)cccc2C1CN. The zero-order chi connectivity index (χ0) is 16.2. The first-order valence-corrected chi connectivity index (χ1v) is 8.41. The molecule has 3 rings (SSSR count). The van der Waals surface area contributed by atoms with Crippen LogP contribution in [0.25, 0.3) is 0 Å². The van der Waals surface area contributed by atoms with Crippen molar-refractivity contribution in [1.29, 1.82) is 0 Å². The van der Waals surface area contributed by atoms with Gasteiger partial charge in [-0.3, -0.25) is 4.90 Å².